The van der Waals surface area contributed by atoms with Gasteiger partial charge in [0.1, 0.15) is 0 Å². The van der Waals surface area contributed by atoms with Gasteiger partial charge in [0.15, 0.2) is 11.7 Å². The molecule has 0 spiro atoms. The molecule has 0 unspecified atom stereocenters. The van der Waals surface area contributed by atoms with Crippen LogP contribution in [0.3, 0.4) is 0 Å². The fraction of sp³-hybridized carbons (Fsp3) is 0.0526. The highest BCUT2D eigenvalue weighted by atomic mass is 79.9. The molecule has 0 aliphatic carbocycles. The summed E-state index contributed by atoms with van der Waals surface area (Å²) in [5.41, 5.74) is 2.38. The van der Waals surface area contributed by atoms with Crippen molar-refractivity contribution in [3.05, 3.63) is 69.5 Å². The number of aromatic nitrogens is 1. The van der Waals surface area contributed by atoms with E-state index < -0.39 is 18.5 Å². The van der Waals surface area contributed by atoms with Crippen LogP contribution in [-0.4, -0.2) is 23.5 Å². The number of amides is 1. The predicted octanol–water partition coefficient (Wildman–Crippen LogP) is 4.24. The fourth-order valence-electron chi connectivity index (χ4n) is 2.16. The van der Waals surface area contributed by atoms with E-state index in [0.29, 0.717) is 10.7 Å². The Balaban J connectivity index is 1.55. The first kappa shape index (κ1) is 18.8. The molecule has 2 aromatic carbocycles. The van der Waals surface area contributed by atoms with Crippen molar-refractivity contribution in [1.82, 2.24) is 4.98 Å². The van der Waals surface area contributed by atoms with Crippen LogP contribution < -0.4 is 5.32 Å². The van der Waals surface area contributed by atoms with Gasteiger partial charge in [-0.05, 0) is 36.4 Å². The number of ether oxygens (including phenoxy) is 1. The van der Waals surface area contributed by atoms with Gasteiger partial charge in [-0.1, -0.05) is 28.1 Å². The molecule has 1 N–H and O–H groups in total. The summed E-state index contributed by atoms with van der Waals surface area (Å²) < 4.78 is 5.92. The predicted molar refractivity (Wildman–Crippen MR) is 105 cm³/mol. The van der Waals surface area contributed by atoms with Gasteiger partial charge in [0.05, 0.1) is 22.9 Å². The molecule has 6 nitrogen and oxygen atoms in total. The Morgan fingerprint density at radius 1 is 1.22 bits per heavy atom. The molecule has 0 aliphatic heterocycles. The number of halogens is 1. The number of benzene rings is 2. The minimum Gasteiger partial charge on any atom is -0.452 e. The van der Waals surface area contributed by atoms with Crippen LogP contribution in [0.4, 0.5) is 5.13 Å². The van der Waals surface area contributed by atoms with Crippen LogP contribution in [0.5, 0.6) is 0 Å². The van der Waals surface area contributed by atoms with Crippen molar-refractivity contribution in [3.63, 3.8) is 0 Å². The van der Waals surface area contributed by atoms with Crippen molar-refractivity contribution < 1.29 is 14.3 Å². The Morgan fingerprint density at radius 3 is 2.70 bits per heavy atom. The molecular weight excluding hydrogens is 430 g/mol. The number of rotatable bonds is 5. The lowest BCUT2D eigenvalue weighted by Gasteiger charge is -2.04. The number of nitrogens with one attached hydrogen (secondary N) is 1. The first-order valence-corrected chi connectivity index (χ1v) is 9.41. The van der Waals surface area contributed by atoms with Gasteiger partial charge in [-0.25, -0.2) is 9.78 Å². The third kappa shape index (κ3) is 5.00. The van der Waals surface area contributed by atoms with Crippen LogP contribution in [-0.2, 0) is 9.53 Å². The normalized spacial score (nSPS) is 10.1. The highest BCUT2D eigenvalue weighted by Crippen LogP contribution is 2.26. The van der Waals surface area contributed by atoms with E-state index in [-0.39, 0.29) is 5.56 Å². The van der Waals surface area contributed by atoms with E-state index in [4.69, 9.17) is 10.00 Å². The van der Waals surface area contributed by atoms with E-state index in [2.05, 4.69) is 26.2 Å². The van der Waals surface area contributed by atoms with E-state index in [0.717, 1.165) is 15.7 Å². The van der Waals surface area contributed by atoms with E-state index in [1.54, 1.807) is 0 Å². The van der Waals surface area contributed by atoms with Crippen molar-refractivity contribution in [3.8, 4) is 17.3 Å². The molecule has 0 atom stereocenters. The molecule has 0 aliphatic rings. The zero-order valence-electron chi connectivity index (χ0n) is 13.8. The zero-order chi connectivity index (χ0) is 19.2. The summed E-state index contributed by atoms with van der Waals surface area (Å²) in [6, 6.07) is 15.6. The number of hydrogen-bond donors (Lipinski definition) is 1. The zero-order valence-corrected chi connectivity index (χ0v) is 16.2. The van der Waals surface area contributed by atoms with Crippen LogP contribution >= 0.6 is 27.3 Å². The van der Waals surface area contributed by atoms with Crippen LogP contribution in [0, 0.1) is 11.3 Å². The summed E-state index contributed by atoms with van der Waals surface area (Å²) in [4.78, 5) is 28.3. The van der Waals surface area contributed by atoms with Crippen molar-refractivity contribution in [2.45, 2.75) is 0 Å². The number of anilines is 1. The number of nitrogens with zero attached hydrogens (tertiary/aromatic N) is 2. The van der Waals surface area contributed by atoms with Crippen molar-refractivity contribution in [1.29, 1.82) is 5.26 Å². The van der Waals surface area contributed by atoms with Crippen molar-refractivity contribution in [2.75, 3.05) is 11.9 Å². The number of carbonyl (C=O) groups excluding carboxylic acids is 2. The monoisotopic (exact) mass is 441 g/mol. The molecule has 0 saturated heterocycles. The van der Waals surface area contributed by atoms with Crippen LogP contribution in [0.25, 0.3) is 11.3 Å². The van der Waals surface area contributed by atoms with Crippen LogP contribution in [0.15, 0.2) is 58.4 Å². The SMILES string of the molecule is N#Cc1ccc(C(=O)OCC(=O)Nc2nc(-c3cccc(Br)c3)cs2)cc1. The number of hydrogen-bond acceptors (Lipinski definition) is 6. The molecule has 3 aromatic rings. The van der Waals surface area contributed by atoms with Gasteiger partial charge < -0.3 is 4.74 Å². The number of carbonyl (C=O) groups is 2. The third-order valence-electron chi connectivity index (χ3n) is 3.45. The van der Waals surface area contributed by atoms with Crippen molar-refractivity contribution in [2.24, 2.45) is 0 Å². The number of nitriles is 1. The maximum absolute atomic E-state index is 12.0. The largest absolute Gasteiger partial charge is 0.452 e. The average Bonchev–Trinajstić information content (AvgIpc) is 3.14. The van der Waals surface area contributed by atoms with E-state index in [1.807, 2.05) is 35.7 Å². The van der Waals surface area contributed by atoms with Gasteiger partial charge >= 0.3 is 5.97 Å². The quantitative estimate of drug-likeness (QED) is 0.597. The highest BCUT2D eigenvalue weighted by Gasteiger charge is 2.12. The Hall–Kier alpha value is -3.02. The summed E-state index contributed by atoms with van der Waals surface area (Å²) in [6.45, 7) is -0.426. The lowest BCUT2D eigenvalue weighted by Crippen LogP contribution is -2.20. The van der Waals surface area contributed by atoms with E-state index in [1.165, 1.54) is 35.6 Å². The maximum Gasteiger partial charge on any atom is 0.338 e. The van der Waals surface area contributed by atoms with Crippen LogP contribution in [0.1, 0.15) is 15.9 Å². The molecule has 3 rings (SSSR count). The summed E-state index contributed by atoms with van der Waals surface area (Å²) in [5, 5.41) is 13.6. The average molecular weight is 442 g/mol. The summed E-state index contributed by atoms with van der Waals surface area (Å²) in [6.07, 6.45) is 0. The van der Waals surface area contributed by atoms with Gasteiger partial charge in [-0.2, -0.15) is 5.26 Å². The Labute approximate surface area is 167 Å². The molecule has 0 bridgehead atoms. The second-order valence-electron chi connectivity index (χ2n) is 5.36. The summed E-state index contributed by atoms with van der Waals surface area (Å²) in [5.74, 6) is -1.12. The minimum atomic E-state index is -0.636. The lowest BCUT2D eigenvalue weighted by molar-refractivity contribution is -0.119. The molecule has 27 heavy (non-hydrogen) atoms. The standard InChI is InChI=1S/C19H12BrN3O3S/c20-15-3-1-2-14(8-15)16-11-27-19(22-16)23-17(24)10-26-18(25)13-6-4-12(9-21)5-7-13/h1-8,11H,10H2,(H,22,23,24). The number of esters is 1. The second-order valence-corrected chi connectivity index (χ2v) is 7.14. The Morgan fingerprint density at radius 2 is 2.00 bits per heavy atom. The van der Waals surface area contributed by atoms with Gasteiger partial charge in [0.2, 0.25) is 0 Å². The highest BCUT2D eigenvalue weighted by molar-refractivity contribution is 9.10. The third-order valence-corrected chi connectivity index (χ3v) is 4.71. The van der Waals surface area contributed by atoms with E-state index >= 15 is 0 Å². The first-order chi connectivity index (χ1) is 13.0. The smallest absolute Gasteiger partial charge is 0.338 e. The maximum atomic E-state index is 12.0. The van der Waals surface area contributed by atoms with Crippen LogP contribution in [0.2, 0.25) is 0 Å². The lowest BCUT2D eigenvalue weighted by atomic mass is 10.1. The molecule has 8 heteroatoms. The van der Waals surface area contributed by atoms with Gasteiger partial charge in [-0.3, -0.25) is 10.1 Å². The van der Waals surface area contributed by atoms with Gasteiger partial charge in [-0.15, -0.1) is 11.3 Å². The topological polar surface area (TPSA) is 92.1 Å². The molecule has 134 valence electrons. The van der Waals surface area contributed by atoms with Crippen molar-refractivity contribution >= 4 is 44.3 Å². The summed E-state index contributed by atoms with van der Waals surface area (Å²) >= 11 is 4.69. The minimum absolute atomic E-state index is 0.271. The molecular formula is C19H12BrN3O3S. The molecule has 1 amide bonds. The Kier molecular flexibility index (Phi) is 5.96. The molecule has 1 heterocycles. The fourth-order valence-corrected chi connectivity index (χ4v) is 3.30. The number of thiazole rings is 1. The Bertz CT molecular complexity index is 1030. The van der Waals surface area contributed by atoms with E-state index in [9.17, 15) is 9.59 Å². The summed E-state index contributed by atoms with van der Waals surface area (Å²) in [7, 11) is 0. The molecule has 0 fully saturated rings. The van der Waals surface area contributed by atoms with Gasteiger partial charge in [0, 0.05) is 15.4 Å². The van der Waals surface area contributed by atoms with Gasteiger partial charge in [0.25, 0.3) is 5.91 Å². The first-order valence-electron chi connectivity index (χ1n) is 7.74. The molecule has 1 aromatic heterocycles. The second kappa shape index (κ2) is 8.58. The molecule has 0 radical (unpaired) electrons. The molecule has 0 saturated carbocycles.